The number of carbonyl (C=O) groups excluding carboxylic acids is 1. The van der Waals surface area contributed by atoms with Crippen LogP contribution in [0.5, 0.6) is 0 Å². The van der Waals surface area contributed by atoms with Gasteiger partial charge >= 0.3 is 0 Å². The summed E-state index contributed by atoms with van der Waals surface area (Å²) in [6, 6.07) is 7.72. The molecule has 0 spiro atoms. The van der Waals surface area contributed by atoms with E-state index in [1.165, 1.54) is 11.3 Å². The molecule has 72 valence electrons. The maximum Gasteiger partial charge on any atom is 0.239 e. The van der Waals surface area contributed by atoms with Crippen molar-refractivity contribution >= 4 is 32.6 Å². The Morgan fingerprint density at radius 2 is 2.29 bits per heavy atom. The van der Waals surface area contributed by atoms with Crippen molar-refractivity contribution in [3.63, 3.8) is 0 Å². The normalized spacial score (nSPS) is 10.4. The maximum atomic E-state index is 11.0. The zero-order chi connectivity index (χ0) is 9.97. The zero-order valence-corrected chi connectivity index (χ0v) is 8.17. The van der Waals surface area contributed by atoms with Crippen LogP contribution in [-0.4, -0.2) is 17.4 Å². The molecule has 0 atom stereocenters. The van der Waals surface area contributed by atoms with Gasteiger partial charge in [0.05, 0.1) is 16.8 Å². The highest BCUT2D eigenvalue weighted by Gasteiger charge is 2.04. The number of rotatable bonds is 2. The Kier molecular flexibility index (Phi) is 2.43. The Morgan fingerprint density at radius 3 is 3.00 bits per heavy atom. The van der Waals surface area contributed by atoms with E-state index in [9.17, 15) is 4.79 Å². The molecule has 2 aromatic rings. The smallest absolute Gasteiger partial charge is 0.239 e. The average Bonchev–Trinajstić information content (AvgIpc) is 2.59. The van der Waals surface area contributed by atoms with Crippen LogP contribution in [0.25, 0.3) is 10.2 Å². The van der Waals surface area contributed by atoms with Gasteiger partial charge in [-0.25, -0.2) is 4.98 Å². The lowest BCUT2D eigenvalue weighted by Gasteiger charge is -1.95. The third-order valence-corrected chi connectivity index (χ3v) is 2.68. The summed E-state index contributed by atoms with van der Waals surface area (Å²) in [5.74, 6) is -0.218. The second kappa shape index (κ2) is 3.73. The van der Waals surface area contributed by atoms with Gasteiger partial charge in [-0.05, 0) is 12.1 Å². The second-order valence-electron chi connectivity index (χ2n) is 2.74. The Balaban J connectivity index is 2.31. The number of aromatic nitrogens is 1. The summed E-state index contributed by atoms with van der Waals surface area (Å²) in [5.41, 5.74) is 6.07. The molecule has 1 aromatic carbocycles. The van der Waals surface area contributed by atoms with Crippen molar-refractivity contribution in [2.24, 2.45) is 5.73 Å². The van der Waals surface area contributed by atoms with Gasteiger partial charge in [0.25, 0.3) is 0 Å². The van der Waals surface area contributed by atoms with Gasteiger partial charge in [0.1, 0.15) is 0 Å². The van der Waals surface area contributed by atoms with Crippen LogP contribution in [0.3, 0.4) is 0 Å². The van der Waals surface area contributed by atoms with E-state index >= 15 is 0 Å². The van der Waals surface area contributed by atoms with Gasteiger partial charge in [0.15, 0.2) is 5.13 Å². The molecule has 0 unspecified atom stereocenters. The first-order chi connectivity index (χ1) is 6.79. The number of anilines is 1. The minimum absolute atomic E-state index is 0.0179. The van der Waals surface area contributed by atoms with Gasteiger partial charge in [0, 0.05) is 0 Å². The lowest BCUT2D eigenvalue weighted by Crippen LogP contribution is -2.21. The second-order valence-corrected chi connectivity index (χ2v) is 3.77. The van der Waals surface area contributed by atoms with E-state index in [2.05, 4.69) is 10.3 Å². The number of fused-ring (bicyclic) bond motifs is 1. The van der Waals surface area contributed by atoms with E-state index in [1.807, 2.05) is 24.3 Å². The summed E-state index contributed by atoms with van der Waals surface area (Å²) in [7, 11) is 0. The molecule has 0 saturated carbocycles. The highest BCUT2D eigenvalue weighted by atomic mass is 32.1. The Labute approximate surface area is 84.8 Å². The molecule has 0 aliphatic rings. The van der Waals surface area contributed by atoms with Crippen LogP contribution < -0.4 is 11.1 Å². The van der Waals surface area contributed by atoms with Crippen LogP contribution in [0.2, 0.25) is 0 Å². The number of thiazole rings is 1. The Bertz CT molecular complexity index is 433. The zero-order valence-electron chi connectivity index (χ0n) is 7.36. The summed E-state index contributed by atoms with van der Waals surface area (Å²) in [6.45, 7) is -0.0179. The highest BCUT2D eigenvalue weighted by Crippen LogP contribution is 2.24. The van der Waals surface area contributed by atoms with Crippen molar-refractivity contribution < 1.29 is 4.79 Å². The number of nitrogens with two attached hydrogens (primary N) is 1. The lowest BCUT2D eigenvalue weighted by atomic mass is 10.3. The van der Waals surface area contributed by atoms with Crippen molar-refractivity contribution in [2.75, 3.05) is 11.9 Å². The molecule has 14 heavy (non-hydrogen) atoms. The van der Waals surface area contributed by atoms with Crippen LogP contribution in [0.15, 0.2) is 24.3 Å². The van der Waals surface area contributed by atoms with Crippen LogP contribution >= 0.6 is 11.3 Å². The Morgan fingerprint density at radius 1 is 1.50 bits per heavy atom. The third-order valence-electron chi connectivity index (χ3n) is 1.73. The highest BCUT2D eigenvalue weighted by molar-refractivity contribution is 7.22. The van der Waals surface area contributed by atoms with Crippen LogP contribution in [0.4, 0.5) is 5.13 Å². The van der Waals surface area contributed by atoms with Crippen LogP contribution in [0, 0.1) is 0 Å². The molecule has 1 amide bonds. The van der Waals surface area contributed by atoms with Gasteiger partial charge in [0.2, 0.25) is 5.91 Å². The van der Waals surface area contributed by atoms with Crippen molar-refractivity contribution in [1.29, 1.82) is 0 Å². The summed E-state index contributed by atoms with van der Waals surface area (Å²) >= 11 is 1.44. The fourth-order valence-electron chi connectivity index (χ4n) is 1.10. The number of nitrogens with zero attached hydrogens (tertiary/aromatic N) is 1. The predicted molar refractivity (Wildman–Crippen MR) is 57.3 cm³/mol. The van der Waals surface area contributed by atoms with E-state index < -0.39 is 0 Å². The number of hydrogen-bond acceptors (Lipinski definition) is 4. The molecule has 4 nitrogen and oxygen atoms in total. The largest absolute Gasteiger partial charge is 0.322 e. The molecule has 0 fully saturated rings. The first-order valence-electron chi connectivity index (χ1n) is 4.15. The number of hydrogen-bond donors (Lipinski definition) is 2. The van der Waals surface area contributed by atoms with E-state index in [4.69, 9.17) is 5.73 Å². The van der Waals surface area contributed by atoms with Gasteiger partial charge in [-0.1, -0.05) is 23.5 Å². The topological polar surface area (TPSA) is 68.0 Å². The molecule has 0 aliphatic carbocycles. The van der Waals surface area contributed by atoms with E-state index in [0.717, 1.165) is 10.2 Å². The molecule has 0 aliphatic heterocycles. The van der Waals surface area contributed by atoms with Crippen molar-refractivity contribution in [3.8, 4) is 0 Å². The molecule has 2 rings (SSSR count). The minimum atomic E-state index is -0.218. The van der Waals surface area contributed by atoms with Crippen LogP contribution in [0.1, 0.15) is 0 Å². The number of amides is 1. The number of nitrogens with one attached hydrogen (secondary N) is 1. The van der Waals surface area contributed by atoms with Gasteiger partial charge in [-0.2, -0.15) is 0 Å². The number of benzene rings is 1. The van der Waals surface area contributed by atoms with Crippen LogP contribution in [-0.2, 0) is 4.79 Å². The van der Waals surface area contributed by atoms with Gasteiger partial charge < -0.3 is 11.1 Å². The molecule has 0 radical (unpaired) electrons. The SMILES string of the molecule is NCC(=O)Nc1nc2ccccc2s1. The van der Waals surface area contributed by atoms with E-state index in [1.54, 1.807) is 0 Å². The summed E-state index contributed by atoms with van der Waals surface area (Å²) < 4.78 is 1.06. The summed E-state index contributed by atoms with van der Waals surface area (Å²) in [5, 5.41) is 3.22. The molecule has 3 N–H and O–H groups in total. The van der Waals surface area contributed by atoms with E-state index in [-0.39, 0.29) is 12.5 Å². The predicted octanol–water partition coefficient (Wildman–Crippen LogP) is 1.19. The van der Waals surface area contributed by atoms with E-state index in [0.29, 0.717) is 5.13 Å². The first-order valence-corrected chi connectivity index (χ1v) is 4.97. The molecule has 1 aromatic heterocycles. The molecule has 1 heterocycles. The average molecular weight is 207 g/mol. The number of carbonyl (C=O) groups is 1. The fraction of sp³-hybridized carbons (Fsp3) is 0.111. The van der Waals surface area contributed by atoms with Crippen molar-refractivity contribution in [1.82, 2.24) is 4.98 Å². The van der Waals surface area contributed by atoms with Crippen molar-refractivity contribution in [2.45, 2.75) is 0 Å². The van der Waals surface area contributed by atoms with Gasteiger partial charge in [-0.15, -0.1) is 0 Å². The maximum absolute atomic E-state index is 11.0. The van der Waals surface area contributed by atoms with Gasteiger partial charge in [-0.3, -0.25) is 4.79 Å². The summed E-state index contributed by atoms with van der Waals surface area (Å²) in [6.07, 6.45) is 0. The molecular formula is C9H9N3OS. The first kappa shape index (κ1) is 9.11. The molecule has 5 heteroatoms. The quantitative estimate of drug-likeness (QED) is 0.777. The number of para-hydroxylation sites is 1. The molecular weight excluding hydrogens is 198 g/mol. The molecule has 0 saturated heterocycles. The Hall–Kier alpha value is -1.46. The monoisotopic (exact) mass is 207 g/mol. The third kappa shape index (κ3) is 1.73. The standard InChI is InChI=1S/C9H9N3OS/c10-5-8(13)12-9-11-6-3-1-2-4-7(6)14-9/h1-4H,5,10H2,(H,11,12,13). The van der Waals surface area contributed by atoms with Crippen molar-refractivity contribution in [3.05, 3.63) is 24.3 Å². The minimum Gasteiger partial charge on any atom is -0.322 e. The fourth-order valence-corrected chi connectivity index (χ4v) is 1.98. The molecule has 0 bridgehead atoms. The summed E-state index contributed by atoms with van der Waals surface area (Å²) in [4.78, 5) is 15.2. The lowest BCUT2D eigenvalue weighted by molar-refractivity contribution is -0.114.